The number of hydrogen-bond acceptors (Lipinski definition) is 3. The highest BCUT2D eigenvalue weighted by Gasteiger charge is 2.07. The third kappa shape index (κ3) is 4.70. The Balaban J connectivity index is 1.76. The lowest BCUT2D eigenvalue weighted by Crippen LogP contribution is -2.21. The second-order valence-corrected chi connectivity index (χ2v) is 6.54. The van der Waals surface area contributed by atoms with Crippen molar-refractivity contribution in [3.8, 4) is 0 Å². The standard InChI is InChI=1S/C22H22N2O3/c1-2-5-20(25)19-11-12-22(27)24(16-19)15-18-9-7-17(8-10-18)14-23-13-4-3-6-21(23)26/h3-4,6-13,16H,2,5,14-15H2,1H3. The van der Waals surface area contributed by atoms with E-state index in [2.05, 4.69) is 0 Å². The first-order valence-electron chi connectivity index (χ1n) is 9.04. The van der Waals surface area contributed by atoms with Crippen LogP contribution in [0, 0.1) is 0 Å². The van der Waals surface area contributed by atoms with Crippen LogP contribution in [0.4, 0.5) is 0 Å². The summed E-state index contributed by atoms with van der Waals surface area (Å²) in [6.07, 6.45) is 4.65. The molecule has 0 amide bonds. The molecule has 0 aliphatic carbocycles. The van der Waals surface area contributed by atoms with Crippen molar-refractivity contribution in [2.75, 3.05) is 0 Å². The SMILES string of the molecule is CCCC(=O)c1ccc(=O)n(Cc2ccc(Cn3ccccc3=O)cc2)c1. The van der Waals surface area contributed by atoms with Crippen LogP contribution in [0.3, 0.4) is 0 Å². The lowest BCUT2D eigenvalue weighted by molar-refractivity contribution is 0.0981. The Morgan fingerprint density at radius 3 is 2.07 bits per heavy atom. The van der Waals surface area contributed by atoms with E-state index in [0.717, 1.165) is 17.5 Å². The highest BCUT2D eigenvalue weighted by atomic mass is 16.1. The summed E-state index contributed by atoms with van der Waals surface area (Å²) in [6, 6.07) is 15.9. The van der Waals surface area contributed by atoms with E-state index < -0.39 is 0 Å². The van der Waals surface area contributed by atoms with Gasteiger partial charge in [-0.2, -0.15) is 0 Å². The van der Waals surface area contributed by atoms with Gasteiger partial charge in [-0.05, 0) is 29.7 Å². The molecule has 27 heavy (non-hydrogen) atoms. The van der Waals surface area contributed by atoms with E-state index in [-0.39, 0.29) is 16.9 Å². The van der Waals surface area contributed by atoms with Crippen molar-refractivity contribution in [1.82, 2.24) is 9.13 Å². The second kappa shape index (κ2) is 8.45. The summed E-state index contributed by atoms with van der Waals surface area (Å²) in [5.41, 5.74) is 2.36. The van der Waals surface area contributed by atoms with Crippen LogP contribution in [0.5, 0.6) is 0 Å². The predicted octanol–water partition coefficient (Wildman–Crippen LogP) is 3.09. The Morgan fingerprint density at radius 1 is 0.815 bits per heavy atom. The molecule has 5 heteroatoms. The fourth-order valence-corrected chi connectivity index (χ4v) is 2.93. The van der Waals surface area contributed by atoms with Crippen molar-refractivity contribution in [3.63, 3.8) is 0 Å². The smallest absolute Gasteiger partial charge is 0.250 e. The Morgan fingerprint density at radius 2 is 1.44 bits per heavy atom. The van der Waals surface area contributed by atoms with Gasteiger partial charge in [0.25, 0.3) is 11.1 Å². The number of pyridine rings is 2. The van der Waals surface area contributed by atoms with Crippen LogP contribution < -0.4 is 11.1 Å². The number of nitrogens with zero attached hydrogens (tertiary/aromatic N) is 2. The van der Waals surface area contributed by atoms with Gasteiger partial charge in [0.15, 0.2) is 5.78 Å². The van der Waals surface area contributed by atoms with Gasteiger partial charge in [-0.25, -0.2) is 0 Å². The van der Waals surface area contributed by atoms with Gasteiger partial charge in [-0.1, -0.05) is 37.3 Å². The maximum Gasteiger partial charge on any atom is 0.250 e. The van der Waals surface area contributed by atoms with E-state index in [1.54, 1.807) is 33.7 Å². The topological polar surface area (TPSA) is 61.1 Å². The molecule has 2 aromatic heterocycles. The number of aromatic nitrogens is 2. The Labute approximate surface area is 157 Å². The number of Topliss-reactive ketones (excluding diaryl/α,β-unsaturated/α-hetero) is 1. The molecule has 0 atom stereocenters. The van der Waals surface area contributed by atoms with Gasteiger partial charge in [-0.15, -0.1) is 0 Å². The minimum absolute atomic E-state index is 0.0401. The molecule has 0 unspecified atom stereocenters. The second-order valence-electron chi connectivity index (χ2n) is 6.54. The van der Waals surface area contributed by atoms with Gasteiger partial charge in [0, 0.05) is 36.5 Å². The summed E-state index contributed by atoms with van der Waals surface area (Å²) in [5.74, 6) is 0.0508. The average Bonchev–Trinajstić information content (AvgIpc) is 2.67. The number of hydrogen-bond donors (Lipinski definition) is 0. The lowest BCUT2D eigenvalue weighted by Gasteiger charge is -2.09. The third-order valence-electron chi connectivity index (χ3n) is 4.41. The lowest BCUT2D eigenvalue weighted by atomic mass is 10.1. The maximum atomic E-state index is 12.1. The van der Waals surface area contributed by atoms with Gasteiger partial charge >= 0.3 is 0 Å². The number of carbonyl (C=O) groups excluding carboxylic acids is 1. The van der Waals surface area contributed by atoms with E-state index in [4.69, 9.17) is 0 Å². The molecule has 0 aliphatic heterocycles. The summed E-state index contributed by atoms with van der Waals surface area (Å²) in [6.45, 7) is 2.86. The van der Waals surface area contributed by atoms with Crippen LogP contribution in [0.2, 0.25) is 0 Å². The van der Waals surface area contributed by atoms with Crippen molar-refractivity contribution in [2.24, 2.45) is 0 Å². The molecule has 0 N–H and O–H groups in total. The zero-order valence-electron chi connectivity index (χ0n) is 15.3. The highest BCUT2D eigenvalue weighted by molar-refractivity contribution is 5.95. The first kappa shape index (κ1) is 18.6. The van der Waals surface area contributed by atoms with Crippen LogP contribution in [-0.2, 0) is 13.1 Å². The van der Waals surface area contributed by atoms with Crippen LogP contribution >= 0.6 is 0 Å². The van der Waals surface area contributed by atoms with Crippen LogP contribution in [0.25, 0.3) is 0 Å². The van der Waals surface area contributed by atoms with Crippen LogP contribution in [-0.4, -0.2) is 14.9 Å². The number of rotatable bonds is 7. The molecule has 3 aromatic rings. The van der Waals surface area contributed by atoms with E-state index in [1.165, 1.54) is 12.1 Å². The number of benzene rings is 1. The summed E-state index contributed by atoms with van der Waals surface area (Å²) in [7, 11) is 0. The summed E-state index contributed by atoms with van der Waals surface area (Å²) in [5, 5.41) is 0. The normalized spacial score (nSPS) is 10.7. The molecule has 138 valence electrons. The first-order valence-corrected chi connectivity index (χ1v) is 9.04. The third-order valence-corrected chi connectivity index (χ3v) is 4.41. The largest absolute Gasteiger partial charge is 0.311 e. The van der Waals surface area contributed by atoms with Crippen molar-refractivity contribution < 1.29 is 4.79 Å². The molecule has 0 aliphatic rings. The first-order chi connectivity index (χ1) is 13.1. The molecular weight excluding hydrogens is 340 g/mol. The molecule has 1 aromatic carbocycles. The molecular formula is C22H22N2O3. The molecule has 5 nitrogen and oxygen atoms in total. The van der Waals surface area contributed by atoms with Crippen LogP contribution in [0.1, 0.15) is 41.3 Å². The molecule has 0 saturated carbocycles. The quantitative estimate of drug-likeness (QED) is 0.607. The zero-order chi connectivity index (χ0) is 19.2. The van der Waals surface area contributed by atoms with Gasteiger partial charge in [0.2, 0.25) is 0 Å². The molecule has 0 spiro atoms. The van der Waals surface area contributed by atoms with Gasteiger partial charge in [0.05, 0.1) is 13.1 Å². The maximum absolute atomic E-state index is 12.1. The molecule has 0 saturated heterocycles. The van der Waals surface area contributed by atoms with Gasteiger partial charge in [0.1, 0.15) is 0 Å². The Kier molecular flexibility index (Phi) is 5.81. The highest BCUT2D eigenvalue weighted by Crippen LogP contribution is 2.09. The van der Waals surface area contributed by atoms with E-state index >= 15 is 0 Å². The monoisotopic (exact) mass is 362 g/mol. The summed E-state index contributed by atoms with van der Waals surface area (Å²) < 4.78 is 3.20. The van der Waals surface area contributed by atoms with E-state index in [0.29, 0.717) is 25.1 Å². The Bertz CT molecular complexity index is 1050. The minimum atomic E-state index is -0.136. The number of carbonyl (C=O) groups is 1. The molecule has 0 fully saturated rings. The Hall–Kier alpha value is -3.21. The predicted molar refractivity (Wildman–Crippen MR) is 105 cm³/mol. The van der Waals surface area contributed by atoms with Gasteiger partial charge in [-0.3, -0.25) is 14.4 Å². The molecule has 2 heterocycles. The van der Waals surface area contributed by atoms with Crippen LogP contribution in [0.15, 0.2) is 76.6 Å². The summed E-state index contributed by atoms with van der Waals surface area (Å²) in [4.78, 5) is 36.0. The average molecular weight is 362 g/mol. The fraction of sp³-hybridized carbons (Fsp3) is 0.227. The zero-order valence-corrected chi connectivity index (χ0v) is 15.3. The minimum Gasteiger partial charge on any atom is -0.311 e. The molecule has 0 radical (unpaired) electrons. The van der Waals surface area contributed by atoms with E-state index in [1.807, 2.05) is 37.3 Å². The van der Waals surface area contributed by atoms with Crippen molar-refractivity contribution in [3.05, 3.63) is 104 Å². The van der Waals surface area contributed by atoms with Crippen molar-refractivity contribution in [2.45, 2.75) is 32.9 Å². The molecule has 3 rings (SSSR count). The van der Waals surface area contributed by atoms with E-state index in [9.17, 15) is 14.4 Å². The van der Waals surface area contributed by atoms with Crippen molar-refractivity contribution >= 4 is 5.78 Å². The number of ketones is 1. The summed E-state index contributed by atoms with van der Waals surface area (Å²) >= 11 is 0. The van der Waals surface area contributed by atoms with Gasteiger partial charge < -0.3 is 9.13 Å². The fourth-order valence-electron chi connectivity index (χ4n) is 2.93. The molecule has 0 bridgehead atoms. The van der Waals surface area contributed by atoms with Crippen molar-refractivity contribution in [1.29, 1.82) is 0 Å².